The van der Waals surface area contributed by atoms with E-state index in [4.69, 9.17) is 0 Å². The molecule has 2 atom stereocenters. The fraction of sp³-hybridized carbons (Fsp3) is 0.429. The predicted molar refractivity (Wildman–Crippen MR) is 76.1 cm³/mol. The summed E-state index contributed by atoms with van der Waals surface area (Å²) >= 11 is 1.51. The van der Waals surface area contributed by atoms with Crippen LogP contribution < -0.4 is 5.32 Å². The molecular formula is C14H16N2O3S. The van der Waals surface area contributed by atoms with E-state index in [9.17, 15) is 14.7 Å². The number of hydrogen-bond donors (Lipinski definition) is 2. The number of carbonyl (C=O) groups excluding carboxylic acids is 2. The number of nitrogens with one attached hydrogen (secondary N) is 1. The molecule has 2 amide bonds. The van der Waals surface area contributed by atoms with Gasteiger partial charge >= 0.3 is 0 Å². The normalized spacial score (nSPS) is 24.9. The Morgan fingerprint density at radius 2 is 2.25 bits per heavy atom. The number of rotatable bonds is 3. The number of thioether (sulfide) groups is 1. The molecule has 0 saturated carbocycles. The quantitative estimate of drug-likeness (QED) is 0.840. The molecule has 6 heteroatoms. The number of carbonyl (C=O) groups is 2. The summed E-state index contributed by atoms with van der Waals surface area (Å²) in [7, 11) is 0. The van der Waals surface area contributed by atoms with E-state index in [0.29, 0.717) is 18.1 Å². The van der Waals surface area contributed by atoms with E-state index in [0.717, 1.165) is 11.1 Å². The van der Waals surface area contributed by atoms with Crippen LogP contribution >= 0.6 is 11.8 Å². The van der Waals surface area contributed by atoms with Crippen LogP contribution in [0.2, 0.25) is 0 Å². The molecule has 0 radical (unpaired) electrons. The Morgan fingerprint density at radius 1 is 1.45 bits per heavy atom. The molecule has 1 fully saturated rings. The summed E-state index contributed by atoms with van der Waals surface area (Å²) in [5, 5.41) is 12.9. The van der Waals surface area contributed by atoms with E-state index in [-0.39, 0.29) is 24.4 Å². The van der Waals surface area contributed by atoms with Crippen LogP contribution in [0.15, 0.2) is 24.3 Å². The highest BCUT2D eigenvalue weighted by Crippen LogP contribution is 2.31. The molecule has 2 aliphatic rings. The molecular weight excluding hydrogens is 276 g/mol. The first kappa shape index (κ1) is 13.5. The van der Waals surface area contributed by atoms with Crippen LogP contribution in [0.1, 0.15) is 17.2 Å². The van der Waals surface area contributed by atoms with Gasteiger partial charge in [0.2, 0.25) is 11.8 Å². The third-order valence-electron chi connectivity index (χ3n) is 3.68. The second kappa shape index (κ2) is 5.46. The van der Waals surface area contributed by atoms with Gasteiger partial charge in [-0.1, -0.05) is 24.3 Å². The maximum atomic E-state index is 12.0. The first-order chi connectivity index (χ1) is 9.65. The highest BCUT2D eigenvalue weighted by atomic mass is 32.2. The molecule has 1 aliphatic carbocycles. The van der Waals surface area contributed by atoms with Gasteiger partial charge in [-0.2, -0.15) is 0 Å². The summed E-state index contributed by atoms with van der Waals surface area (Å²) in [6, 6.07) is 7.34. The third kappa shape index (κ3) is 2.53. The molecule has 3 rings (SSSR count). The van der Waals surface area contributed by atoms with Crippen LogP contribution in [0, 0.1) is 0 Å². The first-order valence-corrected chi connectivity index (χ1v) is 7.71. The van der Waals surface area contributed by atoms with E-state index < -0.39 is 6.10 Å². The van der Waals surface area contributed by atoms with Crippen molar-refractivity contribution in [2.24, 2.45) is 0 Å². The molecule has 20 heavy (non-hydrogen) atoms. The smallest absolute Gasteiger partial charge is 0.240 e. The number of amides is 2. The van der Waals surface area contributed by atoms with Crippen molar-refractivity contribution in [3.8, 4) is 0 Å². The molecule has 1 aliphatic heterocycles. The SMILES string of the molecule is O=C(CN1CSCC1=O)NC1c2ccccc2CC1O. The van der Waals surface area contributed by atoms with Gasteiger partial charge in [-0.3, -0.25) is 9.59 Å². The van der Waals surface area contributed by atoms with Crippen molar-refractivity contribution in [3.05, 3.63) is 35.4 Å². The molecule has 106 valence electrons. The standard InChI is InChI=1S/C14H16N2O3S/c17-11-5-9-3-1-2-4-10(9)14(11)15-12(18)6-16-8-20-7-13(16)19/h1-4,11,14,17H,5-8H2,(H,15,18). The van der Waals surface area contributed by atoms with Crippen molar-refractivity contribution in [1.82, 2.24) is 10.2 Å². The molecule has 1 aromatic carbocycles. The summed E-state index contributed by atoms with van der Waals surface area (Å²) in [6.07, 6.45) is -0.0420. The monoisotopic (exact) mass is 292 g/mol. The number of fused-ring (bicyclic) bond motifs is 1. The summed E-state index contributed by atoms with van der Waals surface area (Å²) in [6.45, 7) is 0.0667. The van der Waals surface area contributed by atoms with Crippen LogP contribution in [-0.2, 0) is 16.0 Å². The third-order valence-corrected chi connectivity index (χ3v) is 4.63. The lowest BCUT2D eigenvalue weighted by molar-refractivity contribution is -0.133. The number of aliphatic hydroxyl groups excluding tert-OH is 1. The lowest BCUT2D eigenvalue weighted by atomic mass is 10.1. The lowest BCUT2D eigenvalue weighted by Gasteiger charge is -2.20. The van der Waals surface area contributed by atoms with Crippen LogP contribution in [0.3, 0.4) is 0 Å². The van der Waals surface area contributed by atoms with Crippen LogP contribution in [0.4, 0.5) is 0 Å². The maximum absolute atomic E-state index is 12.0. The van der Waals surface area contributed by atoms with Crippen molar-refractivity contribution in [2.45, 2.75) is 18.6 Å². The van der Waals surface area contributed by atoms with Crippen LogP contribution in [0.5, 0.6) is 0 Å². The fourth-order valence-electron chi connectivity index (χ4n) is 2.68. The van der Waals surface area contributed by atoms with Gasteiger partial charge in [0.05, 0.1) is 23.8 Å². The Hall–Kier alpha value is -1.53. The summed E-state index contributed by atoms with van der Waals surface area (Å²) in [5.74, 6) is 0.789. The molecule has 0 aromatic heterocycles. The minimum atomic E-state index is -0.597. The van der Waals surface area contributed by atoms with Crippen molar-refractivity contribution in [3.63, 3.8) is 0 Å². The molecule has 1 aromatic rings. The van der Waals surface area contributed by atoms with Gasteiger partial charge in [0, 0.05) is 6.42 Å². The van der Waals surface area contributed by atoms with E-state index in [1.807, 2.05) is 24.3 Å². The molecule has 5 nitrogen and oxygen atoms in total. The van der Waals surface area contributed by atoms with Crippen LogP contribution in [-0.4, -0.2) is 46.1 Å². The van der Waals surface area contributed by atoms with E-state index in [2.05, 4.69) is 5.32 Å². The Balaban J connectivity index is 1.65. The van der Waals surface area contributed by atoms with Gasteiger partial charge < -0.3 is 15.3 Å². The van der Waals surface area contributed by atoms with Gasteiger partial charge in [-0.25, -0.2) is 0 Å². The zero-order valence-corrected chi connectivity index (χ0v) is 11.7. The molecule has 0 bridgehead atoms. The predicted octanol–water partition coefficient (Wildman–Crippen LogP) is 0.294. The van der Waals surface area contributed by atoms with Gasteiger partial charge in [-0.15, -0.1) is 11.8 Å². The maximum Gasteiger partial charge on any atom is 0.240 e. The van der Waals surface area contributed by atoms with Gasteiger partial charge in [0.1, 0.15) is 6.54 Å². The Kier molecular flexibility index (Phi) is 3.67. The summed E-state index contributed by atoms with van der Waals surface area (Å²) < 4.78 is 0. The zero-order valence-electron chi connectivity index (χ0n) is 10.9. The van der Waals surface area contributed by atoms with E-state index >= 15 is 0 Å². The van der Waals surface area contributed by atoms with Gasteiger partial charge in [0.15, 0.2) is 0 Å². The van der Waals surface area contributed by atoms with Crippen molar-refractivity contribution < 1.29 is 14.7 Å². The molecule has 1 saturated heterocycles. The highest BCUT2D eigenvalue weighted by molar-refractivity contribution is 8.00. The summed E-state index contributed by atoms with van der Waals surface area (Å²) in [4.78, 5) is 25.1. The Morgan fingerprint density at radius 3 is 3.00 bits per heavy atom. The second-order valence-corrected chi connectivity index (χ2v) is 6.04. The Labute approximate surface area is 121 Å². The molecule has 2 N–H and O–H groups in total. The fourth-order valence-corrected chi connectivity index (χ4v) is 3.58. The average Bonchev–Trinajstić information content (AvgIpc) is 2.95. The highest BCUT2D eigenvalue weighted by Gasteiger charge is 2.32. The largest absolute Gasteiger partial charge is 0.390 e. The van der Waals surface area contributed by atoms with Crippen molar-refractivity contribution in [2.75, 3.05) is 18.2 Å². The van der Waals surface area contributed by atoms with Gasteiger partial charge in [-0.05, 0) is 11.1 Å². The van der Waals surface area contributed by atoms with E-state index in [1.165, 1.54) is 16.7 Å². The first-order valence-electron chi connectivity index (χ1n) is 6.56. The zero-order chi connectivity index (χ0) is 14.1. The molecule has 1 heterocycles. The lowest BCUT2D eigenvalue weighted by Crippen LogP contribution is -2.41. The molecule has 0 spiro atoms. The van der Waals surface area contributed by atoms with Crippen molar-refractivity contribution >= 4 is 23.6 Å². The number of hydrogen-bond acceptors (Lipinski definition) is 4. The topological polar surface area (TPSA) is 69.6 Å². The second-order valence-electron chi connectivity index (χ2n) is 5.08. The minimum absolute atomic E-state index is 0.00230. The van der Waals surface area contributed by atoms with Crippen LogP contribution in [0.25, 0.3) is 0 Å². The van der Waals surface area contributed by atoms with Gasteiger partial charge in [0.25, 0.3) is 0 Å². The Bertz CT molecular complexity index is 549. The average molecular weight is 292 g/mol. The van der Waals surface area contributed by atoms with Crippen molar-refractivity contribution in [1.29, 1.82) is 0 Å². The molecule has 2 unspecified atom stereocenters. The van der Waals surface area contributed by atoms with E-state index in [1.54, 1.807) is 0 Å². The minimum Gasteiger partial charge on any atom is -0.390 e. The number of aliphatic hydroxyl groups is 1. The number of nitrogens with zero attached hydrogens (tertiary/aromatic N) is 1. The number of benzene rings is 1. The summed E-state index contributed by atoms with van der Waals surface area (Å²) in [5.41, 5.74) is 2.04.